The van der Waals surface area contributed by atoms with Crippen LogP contribution in [0.2, 0.25) is 0 Å². The van der Waals surface area contributed by atoms with Crippen LogP contribution in [0.4, 0.5) is 18.9 Å². The molecule has 1 aliphatic heterocycles. The van der Waals surface area contributed by atoms with Gasteiger partial charge >= 0.3 is 12.1 Å². The van der Waals surface area contributed by atoms with Crippen LogP contribution in [0.1, 0.15) is 25.8 Å². The third-order valence-corrected chi connectivity index (χ3v) is 3.93. The number of carbonyl (C=O) groups excluding carboxylic acids is 1. The van der Waals surface area contributed by atoms with Gasteiger partial charge < -0.3 is 24.5 Å². The molecule has 29 heavy (non-hydrogen) atoms. The predicted octanol–water partition coefficient (Wildman–Crippen LogP) is 1.50. The van der Waals surface area contributed by atoms with E-state index in [1.54, 1.807) is 0 Å². The fraction of sp³-hybridized carbons (Fsp3) is 0.526. The SMILES string of the molecule is CC1(C)C=[N+](CCOCCOCCC(=O)O)c2ccccc21.O=C([O-])C(F)(F)F. The van der Waals surface area contributed by atoms with Crippen LogP contribution in [-0.4, -0.2) is 67.0 Å². The number of benzene rings is 1. The minimum atomic E-state index is -5.19. The highest BCUT2D eigenvalue weighted by Crippen LogP contribution is 2.35. The number of alkyl halides is 3. The number of ether oxygens (including phenoxy) is 2. The molecule has 0 spiro atoms. The molecular weight excluding hydrogens is 395 g/mol. The molecule has 1 N–H and O–H groups in total. The van der Waals surface area contributed by atoms with Crippen molar-refractivity contribution in [3.8, 4) is 0 Å². The maximum absolute atomic E-state index is 10.5. The molecule has 1 heterocycles. The lowest BCUT2D eigenvalue weighted by Crippen LogP contribution is -2.37. The summed E-state index contributed by atoms with van der Waals surface area (Å²) in [7, 11) is 0. The first-order valence-electron chi connectivity index (χ1n) is 8.83. The average molecular weight is 419 g/mol. The summed E-state index contributed by atoms with van der Waals surface area (Å²) in [5.74, 6) is -3.85. The molecule has 0 atom stereocenters. The smallest absolute Gasteiger partial charge is 0.430 e. The highest BCUT2D eigenvalue weighted by atomic mass is 19.4. The van der Waals surface area contributed by atoms with Crippen molar-refractivity contribution in [3.05, 3.63) is 29.8 Å². The quantitative estimate of drug-likeness (QED) is 0.481. The van der Waals surface area contributed by atoms with Crippen LogP contribution in [0.25, 0.3) is 0 Å². The van der Waals surface area contributed by atoms with E-state index in [9.17, 15) is 18.0 Å². The Balaban J connectivity index is 0.000000516. The normalized spacial score (nSPS) is 14.4. The highest BCUT2D eigenvalue weighted by Gasteiger charge is 2.36. The van der Waals surface area contributed by atoms with Crippen LogP contribution in [0.15, 0.2) is 24.3 Å². The summed E-state index contributed by atoms with van der Waals surface area (Å²) in [5, 5.41) is 17.3. The lowest BCUT2D eigenvalue weighted by Gasteiger charge is -2.09. The first-order valence-corrected chi connectivity index (χ1v) is 8.83. The number of hydrogen-bond donors (Lipinski definition) is 1. The van der Waals surface area contributed by atoms with Crippen molar-refractivity contribution >= 4 is 23.8 Å². The maximum Gasteiger partial charge on any atom is 0.430 e. The molecule has 0 saturated heterocycles. The van der Waals surface area contributed by atoms with Gasteiger partial charge in [-0.3, -0.25) is 4.79 Å². The Bertz CT molecular complexity index is 731. The minimum Gasteiger partial charge on any atom is -0.542 e. The van der Waals surface area contributed by atoms with Crippen LogP contribution in [0.5, 0.6) is 0 Å². The summed E-state index contributed by atoms with van der Waals surface area (Å²) in [6, 6.07) is 8.43. The summed E-state index contributed by atoms with van der Waals surface area (Å²) in [6.45, 7) is 6.99. The van der Waals surface area contributed by atoms with Crippen molar-refractivity contribution < 1.29 is 47.0 Å². The zero-order valence-electron chi connectivity index (χ0n) is 16.2. The number of nitrogens with zero attached hydrogens (tertiary/aromatic N) is 1. The average Bonchev–Trinajstić information content (AvgIpc) is 2.88. The summed E-state index contributed by atoms with van der Waals surface area (Å²) in [4.78, 5) is 19.1. The van der Waals surface area contributed by atoms with Crippen molar-refractivity contribution in [3.63, 3.8) is 0 Å². The topological polar surface area (TPSA) is 98.9 Å². The zero-order valence-corrected chi connectivity index (χ0v) is 16.2. The fourth-order valence-electron chi connectivity index (χ4n) is 2.63. The number of carbonyl (C=O) groups is 2. The van der Waals surface area contributed by atoms with Crippen molar-refractivity contribution in [2.45, 2.75) is 31.9 Å². The van der Waals surface area contributed by atoms with Crippen LogP contribution < -0.4 is 5.11 Å². The van der Waals surface area contributed by atoms with Crippen LogP contribution in [0.3, 0.4) is 0 Å². The van der Waals surface area contributed by atoms with Gasteiger partial charge in [0.2, 0.25) is 5.69 Å². The van der Waals surface area contributed by atoms with Gasteiger partial charge in [0.15, 0.2) is 12.8 Å². The molecule has 0 amide bonds. The second-order valence-electron chi connectivity index (χ2n) is 6.72. The molecule has 1 aromatic rings. The van der Waals surface area contributed by atoms with Gasteiger partial charge in [-0.25, -0.2) is 0 Å². The van der Waals surface area contributed by atoms with E-state index in [-0.39, 0.29) is 18.4 Å². The van der Waals surface area contributed by atoms with Gasteiger partial charge in [0.25, 0.3) is 0 Å². The number of halogens is 3. The highest BCUT2D eigenvalue weighted by molar-refractivity contribution is 5.76. The Morgan fingerprint density at radius 3 is 2.21 bits per heavy atom. The first kappa shape index (κ1) is 24.6. The number of rotatable bonds is 9. The molecule has 2 rings (SSSR count). The van der Waals surface area contributed by atoms with Crippen molar-refractivity contribution in [1.29, 1.82) is 0 Å². The van der Waals surface area contributed by atoms with Crippen LogP contribution in [-0.2, 0) is 24.5 Å². The Hall–Kier alpha value is -2.46. The largest absolute Gasteiger partial charge is 0.542 e. The maximum atomic E-state index is 10.5. The van der Waals surface area contributed by atoms with Crippen LogP contribution in [0, 0.1) is 0 Å². The minimum absolute atomic E-state index is 0.0363. The van der Waals surface area contributed by atoms with Gasteiger partial charge in [0.1, 0.15) is 12.6 Å². The monoisotopic (exact) mass is 419 g/mol. The van der Waals surface area contributed by atoms with Crippen LogP contribution >= 0.6 is 0 Å². The summed E-state index contributed by atoms with van der Waals surface area (Å²) in [6.07, 6.45) is -2.92. The second kappa shape index (κ2) is 10.9. The van der Waals surface area contributed by atoms with Crippen molar-refractivity contribution in [2.24, 2.45) is 0 Å². The van der Waals surface area contributed by atoms with E-state index in [0.29, 0.717) is 19.8 Å². The molecule has 0 unspecified atom stereocenters. The van der Waals surface area contributed by atoms with E-state index in [1.807, 2.05) is 0 Å². The molecule has 1 aliphatic rings. The number of aliphatic carboxylic acids is 2. The van der Waals surface area contributed by atoms with Crippen molar-refractivity contribution in [2.75, 3.05) is 33.0 Å². The van der Waals surface area contributed by atoms with E-state index in [1.165, 1.54) is 11.3 Å². The molecule has 10 heteroatoms. The Kier molecular flexibility index (Phi) is 9.25. The Morgan fingerprint density at radius 2 is 1.66 bits per heavy atom. The third kappa shape index (κ3) is 8.61. The van der Waals surface area contributed by atoms with Gasteiger partial charge in [0, 0.05) is 11.6 Å². The summed E-state index contributed by atoms with van der Waals surface area (Å²) >= 11 is 0. The number of carboxylic acid groups (broad SMARTS) is 2. The van der Waals surface area contributed by atoms with E-state index in [4.69, 9.17) is 24.5 Å². The second-order valence-corrected chi connectivity index (χ2v) is 6.72. The Labute approximate surface area is 166 Å². The molecule has 0 aliphatic carbocycles. The molecule has 0 saturated carbocycles. The lowest BCUT2D eigenvalue weighted by atomic mass is 9.87. The summed E-state index contributed by atoms with van der Waals surface area (Å²) < 4.78 is 44.5. The molecule has 7 nitrogen and oxygen atoms in total. The molecule has 1 aromatic carbocycles. The Morgan fingerprint density at radius 1 is 1.10 bits per heavy atom. The number of para-hydroxylation sites is 1. The molecule has 0 radical (unpaired) electrons. The van der Waals surface area contributed by atoms with Gasteiger partial charge in [-0.2, -0.15) is 17.7 Å². The third-order valence-electron chi connectivity index (χ3n) is 3.93. The van der Waals surface area contributed by atoms with Gasteiger partial charge in [-0.1, -0.05) is 18.2 Å². The fourth-order valence-corrected chi connectivity index (χ4v) is 2.63. The van der Waals surface area contributed by atoms with Gasteiger partial charge in [0.05, 0.1) is 31.7 Å². The lowest BCUT2D eigenvalue weighted by molar-refractivity contribution is -0.438. The number of fused-ring (bicyclic) bond motifs is 1. The van der Waals surface area contributed by atoms with E-state index >= 15 is 0 Å². The molecule has 162 valence electrons. The molecule has 0 bridgehead atoms. The van der Waals surface area contributed by atoms with Gasteiger partial charge in [-0.05, 0) is 13.8 Å². The summed E-state index contributed by atoms with van der Waals surface area (Å²) in [5.41, 5.74) is 2.64. The first-order chi connectivity index (χ1) is 13.4. The van der Waals surface area contributed by atoms with Gasteiger partial charge in [-0.15, -0.1) is 0 Å². The zero-order chi connectivity index (χ0) is 22.1. The van der Waals surface area contributed by atoms with E-state index < -0.39 is 18.1 Å². The molecule has 0 aromatic heterocycles. The standard InChI is InChI=1S/C17H23NO4.C2HF3O2/c1-17(2)13-18(15-6-4-3-5-14(15)17)8-10-22-12-11-21-9-7-16(19)20;3-2(4,5)1(6)7/h3-6,13H,7-12H2,1-2H3;(H,6,7). The molecular formula is C19H24F3NO6. The number of hydrogen-bond acceptors (Lipinski definition) is 5. The number of carboxylic acids is 2. The molecule has 0 fully saturated rings. The van der Waals surface area contributed by atoms with E-state index in [2.05, 4.69) is 48.9 Å². The van der Waals surface area contributed by atoms with E-state index in [0.717, 1.165) is 6.54 Å². The van der Waals surface area contributed by atoms with Crippen molar-refractivity contribution in [1.82, 2.24) is 0 Å². The predicted molar refractivity (Wildman–Crippen MR) is 95.3 cm³/mol.